The Kier molecular flexibility index (Phi) is 6.72. The van der Waals surface area contributed by atoms with Crippen LogP contribution in [0.3, 0.4) is 0 Å². The number of hydrogen-bond acceptors (Lipinski definition) is 4. The number of aromatic nitrogens is 2. The molecule has 1 aromatic carbocycles. The van der Waals surface area contributed by atoms with Crippen LogP contribution in [0.2, 0.25) is 0 Å². The summed E-state index contributed by atoms with van der Waals surface area (Å²) < 4.78 is 29.4. The van der Waals surface area contributed by atoms with Crippen molar-refractivity contribution in [1.29, 1.82) is 0 Å². The van der Waals surface area contributed by atoms with Gasteiger partial charge < -0.3 is 9.88 Å². The van der Waals surface area contributed by atoms with E-state index in [0.29, 0.717) is 42.9 Å². The molecule has 28 heavy (non-hydrogen) atoms. The van der Waals surface area contributed by atoms with Gasteiger partial charge in [-0.2, -0.15) is 4.31 Å². The first-order valence-corrected chi connectivity index (χ1v) is 11.7. The Morgan fingerprint density at radius 2 is 1.93 bits per heavy atom. The quantitative estimate of drug-likeness (QED) is 0.694. The van der Waals surface area contributed by atoms with Gasteiger partial charge in [-0.15, -0.1) is 0 Å². The molecule has 1 fully saturated rings. The van der Waals surface area contributed by atoms with Crippen molar-refractivity contribution in [2.24, 2.45) is 0 Å². The van der Waals surface area contributed by atoms with Crippen molar-refractivity contribution >= 4 is 27.0 Å². The number of amides is 1. The number of rotatable bonds is 9. The zero-order chi connectivity index (χ0) is 20.1. The van der Waals surface area contributed by atoms with Gasteiger partial charge in [0.25, 0.3) is 0 Å². The predicted octanol–water partition coefficient (Wildman–Crippen LogP) is 2.69. The summed E-state index contributed by atoms with van der Waals surface area (Å²) in [7, 11) is -3.46. The lowest BCUT2D eigenvalue weighted by atomic mass is 10.2. The zero-order valence-corrected chi connectivity index (χ0v) is 17.6. The number of nitrogens with zero attached hydrogens (tertiary/aromatic N) is 3. The summed E-state index contributed by atoms with van der Waals surface area (Å²) in [6, 6.07) is 5.21. The van der Waals surface area contributed by atoms with Crippen LogP contribution in [0, 0.1) is 0 Å². The minimum Gasteiger partial charge on any atom is -0.356 e. The third kappa shape index (κ3) is 4.38. The van der Waals surface area contributed by atoms with Crippen molar-refractivity contribution in [3.63, 3.8) is 0 Å². The van der Waals surface area contributed by atoms with E-state index in [1.54, 1.807) is 16.4 Å². The first-order chi connectivity index (χ1) is 13.5. The molecule has 0 radical (unpaired) electrons. The lowest BCUT2D eigenvalue weighted by Crippen LogP contribution is -2.27. The second-order valence-electron chi connectivity index (χ2n) is 7.29. The molecule has 1 amide bonds. The standard InChI is InChI=1S/C20H30N4O3S/c1-3-11-21-20(25)10-9-19-22-17-15-16(7-8-18(17)24(19)12-4-2)28(26,27)23-13-5-6-14-23/h7-8,15H,3-6,9-14H2,1-2H3,(H,21,25). The van der Waals surface area contributed by atoms with E-state index in [-0.39, 0.29) is 5.91 Å². The van der Waals surface area contributed by atoms with Crippen LogP contribution in [0.4, 0.5) is 0 Å². The highest BCUT2D eigenvalue weighted by Gasteiger charge is 2.27. The minimum absolute atomic E-state index is 0.0225. The Morgan fingerprint density at radius 1 is 1.18 bits per heavy atom. The Labute approximate surface area is 167 Å². The molecule has 154 valence electrons. The van der Waals surface area contributed by atoms with Crippen molar-refractivity contribution in [2.75, 3.05) is 19.6 Å². The molecule has 1 N–H and O–H groups in total. The molecule has 0 unspecified atom stereocenters. The summed E-state index contributed by atoms with van der Waals surface area (Å²) >= 11 is 0. The Morgan fingerprint density at radius 3 is 2.61 bits per heavy atom. The third-order valence-electron chi connectivity index (χ3n) is 5.10. The number of nitrogens with one attached hydrogen (secondary N) is 1. The fraction of sp³-hybridized carbons (Fsp3) is 0.600. The maximum Gasteiger partial charge on any atom is 0.243 e. The number of benzene rings is 1. The lowest BCUT2D eigenvalue weighted by Gasteiger charge is -2.15. The monoisotopic (exact) mass is 406 g/mol. The molecule has 8 heteroatoms. The van der Waals surface area contributed by atoms with Gasteiger partial charge >= 0.3 is 0 Å². The van der Waals surface area contributed by atoms with Gasteiger partial charge in [0.2, 0.25) is 15.9 Å². The van der Waals surface area contributed by atoms with Crippen molar-refractivity contribution in [1.82, 2.24) is 19.2 Å². The molecule has 1 aliphatic rings. The number of hydrogen-bond donors (Lipinski definition) is 1. The highest BCUT2D eigenvalue weighted by molar-refractivity contribution is 7.89. The van der Waals surface area contributed by atoms with Gasteiger partial charge in [0.1, 0.15) is 5.82 Å². The highest BCUT2D eigenvalue weighted by atomic mass is 32.2. The number of sulfonamides is 1. The molecule has 0 aliphatic carbocycles. The van der Waals surface area contributed by atoms with Crippen LogP contribution in [0.1, 0.15) is 51.8 Å². The predicted molar refractivity (Wildman–Crippen MR) is 110 cm³/mol. The molecule has 1 aromatic heterocycles. The lowest BCUT2D eigenvalue weighted by molar-refractivity contribution is -0.121. The molecule has 7 nitrogen and oxygen atoms in total. The van der Waals surface area contributed by atoms with E-state index in [0.717, 1.165) is 43.6 Å². The minimum atomic E-state index is -3.46. The molecular weight excluding hydrogens is 376 g/mol. The maximum atomic E-state index is 12.8. The van der Waals surface area contributed by atoms with Crippen molar-refractivity contribution in [2.45, 2.75) is 63.8 Å². The van der Waals surface area contributed by atoms with Gasteiger partial charge in [-0.3, -0.25) is 4.79 Å². The fourth-order valence-electron chi connectivity index (χ4n) is 3.64. The number of carbonyl (C=O) groups is 1. The zero-order valence-electron chi connectivity index (χ0n) is 16.8. The summed E-state index contributed by atoms with van der Waals surface area (Å²) in [6.07, 6.45) is 4.60. The summed E-state index contributed by atoms with van der Waals surface area (Å²) in [6.45, 7) is 6.76. The van der Waals surface area contributed by atoms with E-state index < -0.39 is 10.0 Å². The molecule has 2 heterocycles. The van der Waals surface area contributed by atoms with Gasteiger partial charge in [0.05, 0.1) is 15.9 Å². The van der Waals surface area contributed by atoms with Gasteiger partial charge in [-0.05, 0) is 43.9 Å². The molecule has 0 saturated carbocycles. The van der Waals surface area contributed by atoms with Crippen LogP contribution in [0.25, 0.3) is 11.0 Å². The van der Waals surface area contributed by atoms with Crippen molar-refractivity contribution in [3.05, 3.63) is 24.0 Å². The van der Waals surface area contributed by atoms with Gasteiger partial charge in [0.15, 0.2) is 0 Å². The van der Waals surface area contributed by atoms with E-state index in [4.69, 9.17) is 0 Å². The van der Waals surface area contributed by atoms with E-state index >= 15 is 0 Å². The van der Waals surface area contributed by atoms with E-state index in [1.807, 2.05) is 13.0 Å². The fourth-order valence-corrected chi connectivity index (χ4v) is 5.18. The van der Waals surface area contributed by atoms with Gasteiger partial charge in [-0.1, -0.05) is 13.8 Å². The molecule has 3 rings (SSSR count). The Hall–Kier alpha value is -1.93. The van der Waals surface area contributed by atoms with E-state index in [1.165, 1.54) is 0 Å². The van der Waals surface area contributed by atoms with Crippen LogP contribution in [0.5, 0.6) is 0 Å². The van der Waals surface area contributed by atoms with Gasteiger partial charge in [0, 0.05) is 39.0 Å². The van der Waals surface area contributed by atoms with Crippen LogP contribution >= 0.6 is 0 Å². The Balaban J connectivity index is 1.88. The average molecular weight is 407 g/mol. The first-order valence-electron chi connectivity index (χ1n) is 10.2. The number of fused-ring (bicyclic) bond motifs is 1. The van der Waals surface area contributed by atoms with E-state index in [2.05, 4.69) is 21.8 Å². The molecule has 2 aromatic rings. The molecule has 1 aliphatic heterocycles. The number of imidazole rings is 1. The van der Waals surface area contributed by atoms with Crippen LogP contribution in [-0.2, 0) is 27.8 Å². The SMILES string of the molecule is CCCNC(=O)CCc1nc2cc(S(=O)(=O)N3CCCC3)ccc2n1CCC. The smallest absolute Gasteiger partial charge is 0.243 e. The topological polar surface area (TPSA) is 84.3 Å². The van der Waals surface area contributed by atoms with Crippen molar-refractivity contribution in [3.8, 4) is 0 Å². The normalized spacial score (nSPS) is 15.4. The van der Waals surface area contributed by atoms with E-state index in [9.17, 15) is 13.2 Å². The second-order valence-corrected chi connectivity index (χ2v) is 9.23. The maximum absolute atomic E-state index is 12.8. The first kappa shape index (κ1) is 20.8. The number of carbonyl (C=O) groups excluding carboxylic acids is 1. The summed E-state index contributed by atoms with van der Waals surface area (Å²) in [5.74, 6) is 0.855. The second kappa shape index (κ2) is 9.05. The Bertz CT molecular complexity index is 930. The highest BCUT2D eigenvalue weighted by Crippen LogP contribution is 2.25. The summed E-state index contributed by atoms with van der Waals surface area (Å²) in [5.41, 5.74) is 1.60. The van der Waals surface area contributed by atoms with Gasteiger partial charge in [-0.25, -0.2) is 13.4 Å². The third-order valence-corrected chi connectivity index (χ3v) is 6.99. The molecule has 1 saturated heterocycles. The summed E-state index contributed by atoms with van der Waals surface area (Å²) in [5, 5.41) is 2.89. The molecule has 0 bridgehead atoms. The average Bonchev–Trinajstić information content (AvgIpc) is 3.33. The molecule has 0 atom stereocenters. The summed E-state index contributed by atoms with van der Waals surface area (Å²) in [4.78, 5) is 16.9. The molecule has 0 spiro atoms. The van der Waals surface area contributed by atoms with Crippen LogP contribution in [-0.4, -0.2) is 47.8 Å². The van der Waals surface area contributed by atoms with Crippen molar-refractivity contribution < 1.29 is 13.2 Å². The van der Waals surface area contributed by atoms with Crippen LogP contribution < -0.4 is 5.32 Å². The largest absolute Gasteiger partial charge is 0.356 e. The molecular formula is C20H30N4O3S. The van der Waals surface area contributed by atoms with Crippen LogP contribution in [0.15, 0.2) is 23.1 Å². The number of aryl methyl sites for hydroxylation is 2.